The number of benzene rings is 1. The third kappa shape index (κ3) is 3.70. The maximum Gasteiger partial charge on any atom is 0.270 e. The highest BCUT2D eigenvalue weighted by molar-refractivity contribution is 7.98. The third-order valence-corrected chi connectivity index (χ3v) is 5.16. The highest BCUT2D eigenvalue weighted by atomic mass is 32.2. The fraction of sp³-hybridized carbons (Fsp3) is 0.389. The molecule has 1 aliphatic heterocycles. The summed E-state index contributed by atoms with van der Waals surface area (Å²) in [7, 11) is 0. The second-order valence-electron chi connectivity index (χ2n) is 6.07. The summed E-state index contributed by atoms with van der Waals surface area (Å²) in [6, 6.07) is 9.75. The van der Waals surface area contributed by atoms with Gasteiger partial charge in [-0.3, -0.25) is 4.79 Å². The van der Waals surface area contributed by atoms with Crippen LogP contribution in [0.5, 0.6) is 0 Å². The van der Waals surface area contributed by atoms with Gasteiger partial charge in [-0.15, -0.1) is 0 Å². The van der Waals surface area contributed by atoms with Gasteiger partial charge in [0.2, 0.25) is 0 Å². The number of aromatic amines is 1. The van der Waals surface area contributed by atoms with Crippen LogP contribution in [0.15, 0.2) is 34.2 Å². The number of aliphatic hydroxyl groups excluding tert-OH is 1. The van der Waals surface area contributed by atoms with Gasteiger partial charge in [0.1, 0.15) is 11.6 Å². The molecule has 0 aliphatic carbocycles. The molecule has 25 heavy (non-hydrogen) atoms. The maximum atomic E-state index is 12.0. The number of H-pyrrole nitrogens is 1. The zero-order chi connectivity index (χ0) is 17.8. The van der Waals surface area contributed by atoms with E-state index in [1.807, 2.05) is 36.6 Å². The Morgan fingerprint density at radius 1 is 1.36 bits per heavy atom. The van der Waals surface area contributed by atoms with E-state index in [2.05, 4.69) is 14.9 Å². The fourth-order valence-electron chi connectivity index (χ4n) is 3.07. The van der Waals surface area contributed by atoms with Crippen molar-refractivity contribution in [2.24, 2.45) is 5.92 Å². The summed E-state index contributed by atoms with van der Waals surface area (Å²) in [6.07, 6.45) is 3.81. The Balaban J connectivity index is 1.87. The van der Waals surface area contributed by atoms with Crippen LogP contribution in [0.25, 0.3) is 11.3 Å². The summed E-state index contributed by atoms with van der Waals surface area (Å²) in [5, 5.41) is 19.0. The van der Waals surface area contributed by atoms with Gasteiger partial charge in [-0.05, 0) is 37.1 Å². The first-order valence-corrected chi connectivity index (χ1v) is 9.43. The molecular formula is C18H20N4O2S. The first-order chi connectivity index (χ1) is 12.2. The number of aliphatic hydroxyl groups is 1. The van der Waals surface area contributed by atoms with E-state index in [9.17, 15) is 15.2 Å². The SMILES string of the molecule is CSc1nc(-c2ccc(N3CCC(CO)CC3)cc2)c(C#N)c(=O)[nH]1. The zero-order valence-corrected chi connectivity index (χ0v) is 14.8. The van der Waals surface area contributed by atoms with Gasteiger partial charge in [0.05, 0.1) is 5.69 Å². The summed E-state index contributed by atoms with van der Waals surface area (Å²) in [4.78, 5) is 21.3. The molecule has 0 unspecified atom stereocenters. The molecule has 2 aromatic rings. The minimum absolute atomic E-state index is 0.0364. The highest BCUT2D eigenvalue weighted by Crippen LogP contribution is 2.27. The number of nitrogens with one attached hydrogen (secondary N) is 1. The van der Waals surface area contributed by atoms with Crippen LogP contribution in [0, 0.1) is 17.2 Å². The van der Waals surface area contributed by atoms with E-state index in [4.69, 9.17) is 0 Å². The van der Waals surface area contributed by atoms with E-state index in [0.29, 0.717) is 16.8 Å². The van der Waals surface area contributed by atoms with Crippen LogP contribution in [0.3, 0.4) is 0 Å². The molecule has 0 atom stereocenters. The van der Waals surface area contributed by atoms with Crippen molar-refractivity contribution in [2.45, 2.75) is 18.0 Å². The van der Waals surface area contributed by atoms with Crippen LogP contribution in [-0.4, -0.2) is 41.0 Å². The lowest BCUT2D eigenvalue weighted by Gasteiger charge is -2.32. The Morgan fingerprint density at radius 2 is 2.04 bits per heavy atom. The van der Waals surface area contributed by atoms with Crippen LogP contribution in [0.2, 0.25) is 0 Å². The molecule has 0 amide bonds. The standard InChI is InChI=1S/C18H20N4O2S/c1-25-18-20-16(15(10-19)17(24)21-18)13-2-4-14(5-3-13)22-8-6-12(11-23)7-9-22/h2-5,12,23H,6-9,11H2,1H3,(H,20,21,24). The average molecular weight is 356 g/mol. The third-order valence-electron chi connectivity index (χ3n) is 4.58. The molecule has 1 saturated heterocycles. The van der Waals surface area contributed by atoms with Crippen molar-refractivity contribution >= 4 is 17.4 Å². The lowest BCUT2D eigenvalue weighted by molar-refractivity contribution is 0.203. The molecule has 0 bridgehead atoms. The normalized spacial score (nSPS) is 15.2. The number of anilines is 1. The van der Waals surface area contributed by atoms with Crippen LogP contribution < -0.4 is 10.5 Å². The Labute approximate surface area is 150 Å². The number of nitriles is 1. The number of piperidine rings is 1. The second kappa shape index (κ2) is 7.72. The molecule has 7 heteroatoms. The molecule has 2 N–H and O–H groups in total. The Hall–Kier alpha value is -2.30. The van der Waals surface area contributed by atoms with E-state index in [1.165, 1.54) is 11.8 Å². The summed E-state index contributed by atoms with van der Waals surface area (Å²) < 4.78 is 0. The molecule has 130 valence electrons. The molecule has 2 heterocycles. The van der Waals surface area contributed by atoms with Crippen LogP contribution in [0.4, 0.5) is 5.69 Å². The number of rotatable bonds is 4. The van der Waals surface area contributed by atoms with Crippen molar-refractivity contribution in [1.29, 1.82) is 5.26 Å². The van der Waals surface area contributed by atoms with Crippen molar-refractivity contribution in [3.05, 3.63) is 40.2 Å². The molecule has 6 nitrogen and oxygen atoms in total. The van der Waals surface area contributed by atoms with Gasteiger partial charge in [0.15, 0.2) is 5.16 Å². The molecule has 1 fully saturated rings. The van der Waals surface area contributed by atoms with Crippen LogP contribution in [0.1, 0.15) is 18.4 Å². The van der Waals surface area contributed by atoms with Gasteiger partial charge in [-0.1, -0.05) is 23.9 Å². The molecule has 1 aromatic heterocycles. The smallest absolute Gasteiger partial charge is 0.270 e. The van der Waals surface area contributed by atoms with E-state index < -0.39 is 5.56 Å². The summed E-state index contributed by atoms with van der Waals surface area (Å²) in [5.41, 5.74) is 1.91. The Kier molecular flexibility index (Phi) is 5.41. The lowest BCUT2D eigenvalue weighted by atomic mass is 9.97. The first-order valence-electron chi connectivity index (χ1n) is 8.21. The van der Waals surface area contributed by atoms with E-state index in [0.717, 1.165) is 37.2 Å². The van der Waals surface area contributed by atoms with Gasteiger partial charge in [-0.2, -0.15) is 5.26 Å². The number of hydrogen-bond donors (Lipinski definition) is 2. The topological polar surface area (TPSA) is 93.0 Å². The minimum Gasteiger partial charge on any atom is -0.396 e. The molecule has 0 radical (unpaired) electrons. The van der Waals surface area contributed by atoms with E-state index in [-0.39, 0.29) is 12.2 Å². The predicted octanol–water partition coefficient (Wildman–Crippen LogP) is 2.24. The van der Waals surface area contributed by atoms with E-state index >= 15 is 0 Å². The number of aromatic nitrogens is 2. The van der Waals surface area contributed by atoms with Crippen molar-refractivity contribution in [2.75, 3.05) is 30.9 Å². The molecule has 1 aromatic carbocycles. The minimum atomic E-state index is -0.410. The second-order valence-corrected chi connectivity index (χ2v) is 6.87. The molecule has 1 aliphatic rings. The molecule has 0 saturated carbocycles. The van der Waals surface area contributed by atoms with Crippen LogP contribution >= 0.6 is 11.8 Å². The van der Waals surface area contributed by atoms with Gasteiger partial charge in [-0.25, -0.2) is 4.98 Å². The van der Waals surface area contributed by atoms with Crippen molar-refractivity contribution < 1.29 is 5.11 Å². The fourth-order valence-corrected chi connectivity index (χ4v) is 3.44. The summed E-state index contributed by atoms with van der Waals surface area (Å²) >= 11 is 1.33. The van der Waals surface area contributed by atoms with E-state index in [1.54, 1.807) is 0 Å². The van der Waals surface area contributed by atoms with Crippen molar-refractivity contribution in [3.63, 3.8) is 0 Å². The van der Waals surface area contributed by atoms with Crippen molar-refractivity contribution in [3.8, 4) is 17.3 Å². The van der Waals surface area contributed by atoms with Gasteiger partial charge >= 0.3 is 0 Å². The summed E-state index contributed by atoms with van der Waals surface area (Å²) in [6.45, 7) is 2.11. The number of hydrogen-bond acceptors (Lipinski definition) is 6. The lowest BCUT2D eigenvalue weighted by Crippen LogP contribution is -2.34. The zero-order valence-electron chi connectivity index (χ0n) is 14.0. The summed E-state index contributed by atoms with van der Waals surface area (Å²) in [5.74, 6) is 0.402. The maximum absolute atomic E-state index is 12.0. The number of thioether (sulfide) groups is 1. The quantitative estimate of drug-likeness (QED) is 0.645. The Bertz CT molecular complexity index is 834. The predicted molar refractivity (Wildman–Crippen MR) is 98.8 cm³/mol. The van der Waals surface area contributed by atoms with Gasteiger partial charge < -0.3 is 15.0 Å². The van der Waals surface area contributed by atoms with Gasteiger partial charge in [0, 0.05) is 30.9 Å². The van der Waals surface area contributed by atoms with Crippen LogP contribution in [-0.2, 0) is 0 Å². The van der Waals surface area contributed by atoms with Gasteiger partial charge in [0.25, 0.3) is 5.56 Å². The van der Waals surface area contributed by atoms with Crippen molar-refractivity contribution in [1.82, 2.24) is 9.97 Å². The monoisotopic (exact) mass is 356 g/mol. The molecule has 3 rings (SSSR count). The highest BCUT2D eigenvalue weighted by Gasteiger charge is 2.19. The molecular weight excluding hydrogens is 336 g/mol. The number of nitrogens with zero attached hydrogens (tertiary/aromatic N) is 3. The largest absolute Gasteiger partial charge is 0.396 e. The Morgan fingerprint density at radius 3 is 2.60 bits per heavy atom. The first kappa shape index (κ1) is 17.5. The average Bonchev–Trinajstić information content (AvgIpc) is 2.67. The molecule has 0 spiro atoms.